The summed E-state index contributed by atoms with van der Waals surface area (Å²) in [5, 5.41) is 0. The molecule has 1 saturated heterocycles. The molecule has 27 heavy (non-hydrogen) atoms. The van der Waals surface area contributed by atoms with E-state index >= 15 is 0 Å². The van der Waals surface area contributed by atoms with E-state index in [0.29, 0.717) is 43.2 Å². The first-order chi connectivity index (χ1) is 13.0. The van der Waals surface area contributed by atoms with E-state index in [1.54, 1.807) is 17.0 Å². The van der Waals surface area contributed by atoms with Crippen molar-refractivity contribution in [2.75, 3.05) is 37.7 Å². The van der Waals surface area contributed by atoms with Crippen LogP contribution in [0, 0.1) is 12.7 Å². The van der Waals surface area contributed by atoms with Crippen molar-refractivity contribution in [3.05, 3.63) is 59.4 Å². The van der Waals surface area contributed by atoms with Gasteiger partial charge in [0, 0.05) is 31.7 Å². The fourth-order valence-corrected chi connectivity index (χ4v) is 3.13. The Morgan fingerprint density at radius 2 is 1.78 bits per heavy atom. The van der Waals surface area contributed by atoms with Crippen molar-refractivity contribution < 1.29 is 18.7 Å². The van der Waals surface area contributed by atoms with Crippen molar-refractivity contribution in [3.63, 3.8) is 0 Å². The molecular weight excluding hydrogens is 347 g/mol. The highest BCUT2D eigenvalue weighted by molar-refractivity contribution is 5.94. The van der Waals surface area contributed by atoms with Gasteiger partial charge in [-0.2, -0.15) is 0 Å². The zero-order valence-electron chi connectivity index (χ0n) is 15.6. The number of rotatable bonds is 5. The van der Waals surface area contributed by atoms with Crippen LogP contribution in [0.2, 0.25) is 0 Å². The number of hydrogen-bond donors (Lipinski definition) is 0. The Balaban J connectivity index is 1.55. The summed E-state index contributed by atoms with van der Waals surface area (Å²) in [6.45, 7) is 5.42. The van der Waals surface area contributed by atoms with Crippen molar-refractivity contribution in [2.45, 2.75) is 13.8 Å². The molecule has 0 aromatic heterocycles. The fraction of sp³-hybridized carbons (Fsp3) is 0.333. The van der Waals surface area contributed by atoms with Crippen LogP contribution in [0.25, 0.3) is 0 Å². The molecule has 1 aliphatic heterocycles. The second-order valence-corrected chi connectivity index (χ2v) is 6.64. The number of piperazine rings is 1. The minimum absolute atomic E-state index is 0.00742. The average Bonchev–Trinajstić information content (AvgIpc) is 2.67. The summed E-state index contributed by atoms with van der Waals surface area (Å²) in [5.74, 6) is 0.0531. The zero-order chi connectivity index (χ0) is 19.4. The number of carbonyl (C=O) groups excluding carboxylic acids is 2. The van der Waals surface area contributed by atoms with Crippen molar-refractivity contribution in [2.24, 2.45) is 0 Å². The van der Waals surface area contributed by atoms with E-state index in [-0.39, 0.29) is 18.3 Å². The Labute approximate surface area is 158 Å². The lowest BCUT2D eigenvalue weighted by Crippen LogP contribution is -2.50. The Morgan fingerprint density at radius 3 is 2.41 bits per heavy atom. The molecule has 0 spiro atoms. The first kappa shape index (κ1) is 18.9. The third kappa shape index (κ3) is 4.45. The molecule has 1 aliphatic rings. The van der Waals surface area contributed by atoms with Crippen LogP contribution in [0.5, 0.6) is 5.75 Å². The molecule has 0 radical (unpaired) electrons. The van der Waals surface area contributed by atoms with E-state index < -0.39 is 5.82 Å². The maximum Gasteiger partial charge on any atom is 0.260 e. The van der Waals surface area contributed by atoms with E-state index in [2.05, 4.69) is 0 Å². The first-order valence-electron chi connectivity index (χ1n) is 8.97. The Morgan fingerprint density at radius 1 is 1.07 bits per heavy atom. The second-order valence-electron chi connectivity index (χ2n) is 6.64. The van der Waals surface area contributed by atoms with Gasteiger partial charge in [0.25, 0.3) is 5.91 Å². The van der Waals surface area contributed by atoms with Gasteiger partial charge < -0.3 is 14.5 Å². The first-order valence-corrected chi connectivity index (χ1v) is 8.97. The molecule has 1 heterocycles. The number of Topliss-reactive ketones (excluding diaryl/α,β-unsaturated/α-hetero) is 1. The number of hydrogen-bond acceptors (Lipinski definition) is 4. The number of anilines is 1. The molecule has 0 atom stereocenters. The predicted octanol–water partition coefficient (Wildman–Crippen LogP) is 3.06. The smallest absolute Gasteiger partial charge is 0.260 e. The van der Waals surface area contributed by atoms with Crippen LogP contribution in [0.3, 0.4) is 0 Å². The lowest BCUT2D eigenvalue weighted by Gasteiger charge is -2.36. The predicted molar refractivity (Wildman–Crippen MR) is 102 cm³/mol. The summed E-state index contributed by atoms with van der Waals surface area (Å²) in [4.78, 5) is 27.4. The third-order valence-electron chi connectivity index (χ3n) is 4.77. The summed E-state index contributed by atoms with van der Waals surface area (Å²) in [5.41, 5.74) is 1.81. The van der Waals surface area contributed by atoms with Crippen LogP contribution in [-0.4, -0.2) is 49.4 Å². The molecule has 3 rings (SSSR count). The number of carbonyl (C=O) groups is 2. The molecule has 1 fully saturated rings. The van der Waals surface area contributed by atoms with Gasteiger partial charge in [0.05, 0.1) is 5.69 Å². The van der Waals surface area contributed by atoms with E-state index in [9.17, 15) is 14.0 Å². The molecule has 0 N–H and O–H groups in total. The van der Waals surface area contributed by atoms with Gasteiger partial charge in [-0.25, -0.2) is 4.39 Å². The van der Waals surface area contributed by atoms with Gasteiger partial charge in [0.2, 0.25) is 0 Å². The quantitative estimate of drug-likeness (QED) is 0.759. The number of para-hydroxylation sites is 1. The molecule has 5 nitrogen and oxygen atoms in total. The maximum atomic E-state index is 14.3. The number of halogens is 1. The van der Waals surface area contributed by atoms with Crippen LogP contribution >= 0.6 is 0 Å². The number of amides is 1. The number of benzene rings is 2. The summed E-state index contributed by atoms with van der Waals surface area (Å²) in [6, 6.07) is 12.1. The summed E-state index contributed by atoms with van der Waals surface area (Å²) < 4.78 is 19.9. The minimum Gasteiger partial charge on any atom is -0.484 e. The molecule has 0 unspecified atom stereocenters. The molecule has 2 aromatic rings. The van der Waals surface area contributed by atoms with Crippen molar-refractivity contribution >= 4 is 17.4 Å². The molecule has 142 valence electrons. The Kier molecular flexibility index (Phi) is 5.74. The molecular formula is C21H23FN2O3. The number of ketones is 1. The van der Waals surface area contributed by atoms with E-state index in [0.717, 1.165) is 5.56 Å². The van der Waals surface area contributed by atoms with Crippen LogP contribution in [0.15, 0.2) is 42.5 Å². The van der Waals surface area contributed by atoms with Crippen LogP contribution in [0.1, 0.15) is 22.8 Å². The average molecular weight is 370 g/mol. The topological polar surface area (TPSA) is 49.9 Å². The van der Waals surface area contributed by atoms with Gasteiger partial charge in [-0.1, -0.05) is 18.2 Å². The molecule has 1 amide bonds. The van der Waals surface area contributed by atoms with Gasteiger partial charge in [0.1, 0.15) is 11.6 Å². The van der Waals surface area contributed by atoms with Crippen LogP contribution < -0.4 is 9.64 Å². The van der Waals surface area contributed by atoms with E-state index in [1.165, 1.54) is 13.0 Å². The highest BCUT2D eigenvalue weighted by Crippen LogP contribution is 2.22. The maximum absolute atomic E-state index is 14.3. The second kappa shape index (κ2) is 8.20. The molecule has 0 bridgehead atoms. The number of aryl methyl sites for hydroxylation is 1. The van der Waals surface area contributed by atoms with Crippen LogP contribution in [-0.2, 0) is 4.79 Å². The van der Waals surface area contributed by atoms with Gasteiger partial charge in [-0.3, -0.25) is 9.59 Å². The van der Waals surface area contributed by atoms with E-state index in [1.807, 2.05) is 36.1 Å². The number of nitrogens with zero attached hydrogens (tertiary/aromatic N) is 2. The summed E-state index contributed by atoms with van der Waals surface area (Å²) >= 11 is 0. The SMILES string of the molecule is CC(=O)c1ccc(N2CCN(C(=O)COc3ccccc3C)CC2)c(F)c1. The Hall–Kier alpha value is -2.89. The van der Waals surface area contributed by atoms with Crippen molar-refractivity contribution in [3.8, 4) is 5.75 Å². The van der Waals surface area contributed by atoms with E-state index in [4.69, 9.17) is 4.74 Å². The standard InChI is InChI=1S/C21H23FN2O3/c1-15-5-3-4-6-20(15)27-14-21(26)24-11-9-23(10-12-24)19-8-7-17(16(2)25)13-18(19)22/h3-8,13H,9-12,14H2,1-2H3. The lowest BCUT2D eigenvalue weighted by atomic mass is 10.1. The van der Waals surface area contributed by atoms with Gasteiger partial charge in [0.15, 0.2) is 12.4 Å². The third-order valence-corrected chi connectivity index (χ3v) is 4.77. The van der Waals surface area contributed by atoms with Gasteiger partial charge in [-0.05, 0) is 43.7 Å². The minimum atomic E-state index is -0.412. The largest absolute Gasteiger partial charge is 0.484 e. The summed E-state index contributed by atoms with van der Waals surface area (Å²) in [7, 11) is 0. The summed E-state index contributed by atoms with van der Waals surface area (Å²) in [6.07, 6.45) is 0. The Bertz CT molecular complexity index is 845. The molecule has 0 saturated carbocycles. The zero-order valence-corrected chi connectivity index (χ0v) is 15.6. The molecule has 2 aromatic carbocycles. The van der Waals surface area contributed by atoms with Crippen molar-refractivity contribution in [1.82, 2.24) is 4.90 Å². The van der Waals surface area contributed by atoms with Gasteiger partial charge in [-0.15, -0.1) is 0 Å². The van der Waals surface area contributed by atoms with Crippen molar-refractivity contribution in [1.29, 1.82) is 0 Å². The van der Waals surface area contributed by atoms with Crippen LogP contribution in [0.4, 0.5) is 10.1 Å². The monoisotopic (exact) mass is 370 g/mol. The molecule has 6 heteroatoms. The fourth-order valence-electron chi connectivity index (χ4n) is 3.13. The normalized spacial score (nSPS) is 14.2. The van der Waals surface area contributed by atoms with Gasteiger partial charge >= 0.3 is 0 Å². The highest BCUT2D eigenvalue weighted by atomic mass is 19.1. The highest BCUT2D eigenvalue weighted by Gasteiger charge is 2.23. The lowest BCUT2D eigenvalue weighted by molar-refractivity contribution is -0.133. The molecule has 0 aliphatic carbocycles. The number of ether oxygens (including phenoxy) is 1.